The SMILES string of the molecule is OCc1cc(Br)c(OCc2ccc(Br)cc2F)c(Br)c1. The molecule has 1 N–H and O–H groups in total. The molecule has 0 spiro atoms. The van der Waals surface area contributed by atoms with Crippen LogP contribution in [0.15, 0.2) is 43.7 Å². The summed E-state index contributed by atoms with van der Waals surface area (Å²) in [4.78, 5) is 0. The summed E-state index contributed by atoms with van der Waals surface area (Å²) in [7, 11) is 0. The number of hydrogen-bond acceptors (Lipinski definition) is 2. The Morgan fingerprint density at radius 2 is 1.70 bits per heavy atom. The highest BCUT2D eigenvalue weighted by Gasteiger charge is 2.10. The van der Waals surface area contributed by atoms with Crippen molar-refractivity contribution in [3.8, 4) is 5.75 Å². The van der Waals surface area contributed by atoms with E-state index in [4.69, 9.17) is 9.84 Å². The van der Waals surface area contributed by atoms with Crippen molar-refractivity contribution in [1.82, 2.24) is 0 Å². The van der Waals surface area contributed by atoms with Gasteiger partial charge in [0.2, 0.25) is 0 Å². The van der Waals surface area contributed by atoms with E-state index in [1.165, 1.54) is 6.07 Å². The molecule has 20 heavy (non-hydrogen) atoms. The van der Waals surface area contributed by atoms with Crippen LogP contribution in [-0.4, -0.2) is 5.11 Å². The van der Waals surface area contributed by atoms with Gasteiger partial charge in [-0.2, -0.15) is 0 Å². The zero-order chi connectivity index (χ0) is 14.7. The molecule has 0 fully saturated rings. The van der Waals surface area contributed by atoms with E-state index in [2.05, 4.69) is 47.8 Å². The van der Waals surface area contributed by atoms with Crippen LogP contribution < -0.4 is 4.74 Å². The lowest BCUT2D eigenvalue weighted by atomic mass is 10.2. The number of hydrogen-bond donors (Lipinski definition) is 1. The van der Waals surface area contributed by atoms with Crippen molar-refractivity contribution in [3.05, 3.63) is 60.7 Å². The maximum Gasteiger partial charge on any atom is 0.148 e. The van der Waals surface area contributed by atoms with E-state index in [0.717, 1.165) is 5.56 Å². The molecule has 6 heteroatoms. The second kappa shape index (κ2) is 7.02. The van der Waals surface area contributed by atoms with E-state index in [-0.39, 0.29) is 19.0 Å². The molecule has 0 atom stereocenters. The van der Waals surface area contributed by atoms with Crippen molar-refractivity contribution in [1.29, 1.82) is 0 Å². The molecule has 0 heterocycles. The maximum absolute atomic E-state index is 13.7. The lowest BCUT2D eigenvalue weighted by molar-refractivity contribution is 0.279. The first-order chi connectivity index (χ1) is 9.51. The van der Waals surface area contributed by atoms with E-state index in [1.807, 2.05) is 0 Å². The third-order valence-corrected chi connectivity index (χ3v) is 4.30. The Hall–Kier alpha value is -0.430. The van der Waals surface area contributed by atoms with Gasteiger partial charge in [0.25, 0.3) is 0 Å². The van der Waals surface area contributed by atoms with Gasteiger partial charge in [-0.3, -0.25) is 0 Å². The second-order valence-corrected chi connectivity index (χ2v) is 6.70. The van der Waals surface area contributed by atoms with E-state index < -0.39 is 0 Å². The highest BCUT2D eigenvalue weighted by Crippen LogP contribution is 2.35. The van der Waals surface area contributed by atoms with Crippen molar-refractivity contribution in [2.45, 2.75) is 13.2 Å². The van der Waals surface area contributed by atoms with Gasteiger partial charge in [0.1, 0.15) is 18.2 Å². The molecular formula is C14H10Br3FO2. The van der Waals surface area contributed by atoms with Crippen molar-refractivity contribution < 1.29 is 14.2 Å². The molecule has 2 rings (SSSR count). The first-order valence-corrected chi connectivity index (χ1v) is 8.04. The highest BCUT2D eigenvalue weighted by molar-refractivity contribution is 9.11. The molecule has 2 aromatic carbocycles. The molecule has 0 unspecified atom stereocenters. The number of ether oxygens (including phenoxy) is 1. The van der Waals surface area contributed by atoms with Crippen molar-refractivity contribution >= 4 is 47.8 Å². The first-order valence-electron chi connectivity index (χ1n) is 5.66. The Kier molecular flexibility index (Phi) is 5.60. The fourth-order valence-corrected chi connectivity index (χ4v) is 3.47. The van der Waals surface area contributed by atoms with Crippen LogP contribution in [0.5, 0.6) is 5.75 Å². The zero-order valence-electron chi connectivity index (χ0n) is 10.2. The second-order valence-electron chi connectivity index (χ2n) is 4.07. The minimum absolute atomic E-state index is 0.0567. The third-order valence-electron chi connectivity index (χ3n) is 2.63. The maximum atomic E-state index is 13.7. The lowest BCUT2D eigenvalue weighted by Gasteiger charge is -2.12. The van der Waals surface area contributed by atoms with Crippen LogP contribution in [0.4, 0.5) is 4.39 Å². The van der Waals surface area contributed by atoms with Crippen LogP contribution in [0.1, 0.15) is 11.1 Å². The number of halogens is 4. The molecule has 0 amide bonds. The largest absolute Gasteiger partial charge is 0.486 e. The first kappa shape index (κ1) is 15.9. The van der Waals surface area contributed by atoms with Gasteiger partial charge < -0.3 is 9.84 Å². The monoisotopic (exact) mass is 466 g/mol. The van der Waals surface area contributed by atoms with Crippen LogP contribution in [0.25, 0.3) is 0 Å². The standard InChI is InChI=1S/C14H10Br3FO2/c15-10-2-1-9(13(18)5-10)7-20-14-11(16)3-8(6-19)4-12(14)17/h1-5,19H,6-7H2. The Bertz CT molecular complexity index is 609. The molecule has 0 radical (unpaired) electrons. The van der Waals surface area contributed by atoms with Crippen LogP contribution in [0.2, 0.25) is 0 Å². The normalized spacial score (nSPS) is 10.7. The summed E-state index contributed by atoms with van der Waals surface area (Å²) in [6.07, 6.45) is 0. The molecule has 0 aromatic heterocycles. The Morgan fingerprint density at radius 3 is 2.25 bits per heavy atom. The van der Waals surface area contributed by atoms with Crippen molar-refractivity contribution in [2.75, 3.05) is 0 Å². The number of benzene rings is 2. The molecule has 2 nitrogen and oxygen atoms in total. The fourth-order valence-electron chi connectivity index (χ4n) is 1.63. The summed E-state index contributed by atoms with van der Waals surface area (Å²) in [5, 5.41) is 9.11. The molecule has 106 valence electrons. The summed E-state index contributed by atoms with van der Waals surface area (Å²) < 4.78 is 21.4. The summed E-state index contributed by atoms with van der Waals surface area (Å²) in [6, 6.07) is 8.36. The molecule has 0 saturated heterocycles. The number of rotatable bonds is 4. The zero-order valence-corrected chi connectivity index (χ0v) is 14.9. The molecule has 0 aliphatic heterocycles. The summed E-state index contributed by atoms with van der Waals surface area (Å²) in [6.45, 7) is 0.0631. The molecule has 0 aliphatic rings. The third kappa shape index (κ3) is 3.81. The van der Waals surface area contributed by atoms with Crippen LogP contribution in [0, 0.1) is 5.82 Å². The van der Waals surface area contributed by atoms with Gasteiger partial charge in [0.05, 0.1) is 15.6 Å². The predicted octanol–water partition coefficient (Wildman–Crippen LogP) is 5.18. The fraction of sp³-hybridized carbons (Fsp3) is 0.143. The van der Waals surface area contributed by atoms with Gasteiger partial charge in [0.15, 0.2) is 0 Å². The molecule has 2 aromatic rings. The Morgan fingerprint density at radius 1 is 1.05 bits per heavy atom. The smallest absolute Gasteiger partial charge is 0.148 e. The van der Waals surface area contributed by atoms with E-state index in [1.54, 1.807) is 24.3 Å². The average molecular weight is 469 g/mol. The van der Waals surface area contributed by atoms with Crippen LogP contribution >= 0.6 is 47.8 Å². The Labute approximate surface area is 141 Å². The minimum Gasteiger partial charge on any atom is -0.486 e. The van der Waals surface area contributed by atoms with Crippen LogP contribution in [-0.2, 0) is 13.2 Å². The van der Waals surface area contributed by atoms with Gasteiger partial charge in [-0.25, -0.2) is 4.39 Å². The van der Waals surface area contributed by atoms with Gasteiger partial charge in [-0.1, -0.05) is 22.0 Å². The summed E-state index contributed by atoms with van der Waals surface area (Å²) in [5.74, 6) is 0.253. The van der Waals surface area contributed by atoms with E-state index in [9.17, 15) is 4.39 Å². The number of aliphatic hydroxyl groups is 1. The summed E-state index contributed by atoms with van der Waals surface area (Å²) in [5.41, 5.74) is 1.23. The average Bonchev–Trinajstić information content (AvgIpc) is 2.39. The van der Waals surface area contributed by atoms with E-state index in [0.29, 0.717) is 24.7 Å². The minimum atomic E-state index is -0.321. The summed E-state index contributed by atoms with van der Waals surface area (Å²) >= 11 is 9.96. The predicted molar refractivity (Wildman–Crippen MR) is 86.2 cm³/mol. The van der Waals surface area contributed by atoms with Crippen LogP contribution in [0.3, 0.4) is 0 Å². The number of aliphatic hydroxyl groups excluding tert-OH is 1. The lowest BCUT2D eigenvalue weighted by Crippen LogP contribution is -2.00. The Balaban J connectivity index is 2.19. The van der Waals surface area contributed by atoms with Crippen molar-refractivity contribution in [2.24, 2.45) is 0 Å². The topological polar surface area (TPSA) is 29.5 Å². The molecular weight excluding hydrogens is 459 g/mol. The molecule has 0 bridgehead atoms. The highest BCUT2D eigenvalue weighted by atomic mass is 79.9. The molecule has 0 aliphatic carbocycles. The van der Waals surface area contributed by atoms with Crippen molar-refractivity contribution in [3.63, 3.8) is 0 Å². The van der Waals surface area contributed by atoms with Gasteiger partial charge in [-0.15, -0.1) is 0 Å². The van der Waals surface area contributed by atoms with E-state index >= 15 is 0 Å². The van der Waals surface area contributed by atoms with Gasteiger partial charge in [-0.05, 0) is 61.7 Å². The van der Waals surface area contributed by atoms with Gasteiger partial charge >= 0.3 is 0 Å². The molecule has 0 saturated carbocycles. The quantitative estimate of drug-likeness (QED) is 0.669. The van der Waals surface area contributed by atoms with Gasteiger partial charge in [0, 0.05) is 10.0 Å².